The van der Waals surface area contributed by atoms with E-state index < -0.39 is 11.6 Å². The SMILES string of the molecule is CC1(C)NOC(=O)C1N. The largest absolute Gasteiger partial charge is 0.369 e. The van der Waals surface area contributed by atoms with Crippen LogP contribution >= 0.6 is 0 Å². The molecular weight excluding hydrogens is 120 g/mol. The molecule has 52 valence electrons. The minimum atomic E-state index is -0.544. The minimum Gasteiger partial charge on any atom is -0.369 e. The van der Waals surface area contributed by atoms with Crippen LogP contribution in [0.2, 0.25) is 0 Å². The molecule has 1 aliphatic heterocycles. The molecule has 1 atom stereocenters. The quantitative estimate of drug-likeness (QED) is 0.448. The molecule has 0 aliphatic carbocycles. The predicted molar refractivity (Wildman–Crippen MR) is 31.3 cm³/mol. The summed E-state index contributed by atoms with van der Waals surface area (Å²) in [4.78, 5) is 15.0. The third kappa shape index (κ3) is 0.906. The molecule has 0 amide bonds. The van der Waals surface area contributed by atoms with Gasteiger partial charge in [-0.2, -0.15) is 0 Å². The van der Waals surface area contributed by atoms with Crippen molar-refractivity contribution in [1.82, 2.24) is 5.48 Å². The number of nitrogens with one attached hydrogen (secondary N) is 1. The third-order valence-corrected chi connectivity index (χ3v) is 1.45. The number of rotatable bonds is 0. The Bertz CT molecular complexity index is 144. The normalized spacial score (nSPS) is 32.3. The van der Waals surface area contributed by atoms with Gasteiger partial charge in [-0.05, 0) is 13.8 Å². The van der Waals surface area contributed by atoms with Crippen LogP contribution in [-0.2, 0) is 9.63 Å². The molecule has 1 rings (SSSR count). The van der Waals surface area contributed by atoms with Crippen LogP contribution in [0.1, 0.15) is 13.8 Å². The molecule has 0 radical (unpaired) electrons. The molecular formula is C5H10N2O2. The molecule has 0 saturated carbocycles. The molecule has 1 heterocycles. The average Bonchev–Trinajstić information content (AvgIpc) is 1.97. The molecule has 0 aromatic rings. The van der Waals surface area contributed by atoms with E-state index in [0.717, 1.165) is 0 Å². The van der Waals surface area contributed by atoms with Crippen LogP contribution in [0, 0.1) is 0 Å². The Kier molecular flexibility index (Phi) is 1.22. The molecule has 4 nitrogen and oxygen atoms in total. The lowest BCUT2D eigenvalue weighted by molar-refractivity contribution is -0.144. The summed E-state index contributed by atoms with van der Waals surface area (Å²) in [5.41, 5.74) is 7.52. The van der Waals surface area contributed by atoms with E-state index in [9.17, 15) is 4.79 Å². The zero-order valence-corrected chi connectivity index (χ0v) is 5.47. The van der Waals surface area contributed by atoms with Crippen LogP contribution in [0.25, 0.3) is 0 Å². The van der Waals surface area contributed by atoms with Gasteiger partial charge in [0.05, 0.1) is 5.54 Å². The van der Waals surface area contributed by atoms with Gasteiger partial charge in [0.25, 0.3) is 0 Å². The van der Waals surface area contributed by atoms with Gasteiger partial charge in [0.1, 0.15) is 6.04 Å². The molecule has 1 fully saturated rings. The highest BCUT2D eigenvalue weighted by Gasteiger charge is 2.40. The van der Waals surface area contributed by atoms with Gasteiger partial charge in [-0.25, -0.2) is 4.79 Å². The van der Waals surface area contributed by atoms with Gasteiger partial charge >= 0.3 is 5.97 Å². The zero-order valence-electron chi connectivity index (χ0n) is 5.47. The van der Waals surface area contributed by atoms with Crippen LogP contribution in [0.4, 0.5) is 0 Å². The van der Waals surface area contributed by atoms with Crippen molar-refractivity contribution in [1.29, 1.82) is 0 Å². The molecule has 0 aromatic carbocycles. The van der Waals surface area contributed by atoms with Gasteiger partial charge in [0, 0.05) is 0 Å². The maximum atomic E-state index is 10.6. The van der Waals surface area contributed by atoms with Crippen molar-refractivity contribution in [2.75, 3.05) is 0 Å². The van der Waals surface area contributed by atoms with E-state index in [1.807, 2.05) is 13.8 Å². The highest BCUT2D eigenvalue weighted by Crippen LogP contribution is 2.13. The first-order valence-electron chi connectivity index (χ1n) is 2.77. The van der Waals surface area contributed by atoms with Crippen LogP contribution in [-0.4, -0.2) is 17.6 Å². The van der Waals surface area contributed by atoms with Gasteiger partial charge < -0.3 is 10.6 Å². The van der Waals surface area contributed by atoms with Gasteiger partial charge in [-0.3, -0.25) is 0 Å². The van der Waals surface area contributed by atoms with Crippen molar-refractivity contribution in [3.8, 4) is 0 Å². The van der Waals surface area contributed by atoms with Crippen molar-refractivity contribution >= 4 is 5.97 Å². The molecule has 9 heavy (non-hydrogen) atoms. The molecule has 4 heteroatoms. The monoisotopic (exact) mass is 130 g/mol. The Balaban J connectivity index is 2.73. The van der Waals surface area contributed by atoms with E-state index in [4.69, 9.17) is 5.73 Å². The zero-order chi connectivity index (χ0) is 7.07. The van der Waals surface area contributed by atoms with Crippen LogP contribution < -0.4 is 11.2 Å². The molecule has 3 N–H and O–H groups in total. The Labute approximate surface area is 53.3 Å². The van der Waals surface area contributed by atoms with E-state index in [1.165, 1.54) is 0 Å². The lowest BCUT2D eigenvalue weighted by atomic mass is 9.98. The second kappa shape index (κ2) is 1.68. The van der Waals surface area contributed by atoms with E-state index in [2.05, 4.69) is 10.3 Å². The first kappa shape index (κ1) is 6.51. The minimum absolute atomic E-state index is 0.389. The van der Waals surface area contributed by atoms with Gasteiger partial charge in [-0.15, -0.1) is 5.48 Å². The summed E-state index contributed by atoms with van der Waals surface area (Å²) >= 11 is 0. The first-order valence-corrected chi connectivity index (χ1v) is 2.77. The van der Waals surface area contributed by atoms with E-state index in [1.54, 1.807) is 0 Å². The van der Waals surface area contributed by atoms with Crippen LogP contribution in [0.3, 0.4) is 0 Å². The first-order chi connectivity index (χ1) is 4.04. The predicted octanol–water partition coefficient (Wildman–Crippen LogP) is -0.846. The van der Waals surface area contributed by atoms with Crippen LogP contribution in [0.5, 0.6) is 0 Å². The number of hydrogen-bond acceptors (Lipinski definition) is 4. The van der Waals surface area contributed by atoms with Crippen molar-refractivity contribution in [2.24, 2.45) is 5.73 Å². The Morgan fingerprint density at radius 1 is 1.78 bits per heavy atom. The topological polar surface area (TPSA) is 64.3 Å². The molecule has 0 bridgehead atoms. The Morgan fingerprint density at radius 2 is 2.33 bits per heavy atom. The smallest absolute Gasteiger partial charge is 0.343 e. The number of carbonyl (C=O) groups excluding carboxylic acids is 1. The number of nitrogens with two attached hydrogens (primary N) is 1. The van der Waals surface area contributed by atoms with Crippen LogP contribution in [0.15, 0.2) is 0 Å². The summed E-state index contributed by atoms with van der Waals surface area (Å²) in [7, 11) is 0. The number of carbonyl (C=O) groups is 1. The summed E-state index contributed by atoms with van der Waals surface area (Å²) in [5, 5.41) is 0. The summed E-state index contributed by atoms with van der Waals surface area (Å²) in [6, 6.07) is -0.544. The van der Waals surface area contributed by atoms with Gasteiger partial charge in [0.2, 0.25) is 0 Å². The summed E-state index contributed by atoms with van der Waals surface area (Å²) in [5.74, 6) is -0.389. The maximum absolute atomic E-state index is 10.6. The molecule has 1 saturated heterocycles. The highest BCUT2D eigenvalue weighted by molar-refractivity contribution is 5.78. The fourth-order valence-corrected chi connectivity index (χ4v) is 0.603. The highest BCUT2D eigenvalue weighted by atomic mass is 16.7. The lowest BCUT2D eigenvalue weighted by Gasteiger charge is -2.16. The summed E-state index contributed by atoms with van der Waals surface area (Å²) in [6.07, 6.45) is 0. The van der Waals surface area contributed by atoms with Crippen molar-refractivity contribution in [2.45, 2.75) is 25.4 Å². The van der Waals surface area contributed by atoms with E-state index >= 15 is 0 Å². The molecule has 1 unspecified atom stereocenters. The van der Waals surface area contributed by atoms with Gasteiger partial charge in [0.15, 0.2) is 0 Å². The van der Waals surface area contributed by atoms with Crippen molar-refractivity contribution < 1.29 is 9.63 Å². The standard InChI is InChI=1S/C5H10N2O2/c1-5(2)3(6)4(8)9-7-5/h3,7H,6H2,1-2H3. The molecule has 0 aromatic heterocycles. The fraction of sp³-hybridized carbons (Fsp3) is 0.800. The molecule has 1 aliphatic rings. The Morgan fingerprint density at radius 3 is 2.44 bits per heavy atom. The fourth-order valence-electron chi connectivity index (χ4n) is 0.603. The van der Waals surface area contributed by atoms with Gasteiger partial charge in [-0.1, -0.05) is 0 Å². The third-order valence-electron chi connectivity index (χ3n) is 1.45. The summed E-state index contributed by atoms with van der Waals surface area (Å²) < 4.78 is 0. The second-order valence-electron chi connectivity index (χ2n) is 2.72. The number of hydrogen-bond donors (Lipinski definition) is 2. The molecule has 0 spiro atoms. The van der Waals surface area contributed by atoms with Crippen molar-refractivity contribution in [3.05, 3.63) is 0 Å². The average molecular weight is 130 g/mol. The number of hydroxylamine groups is 1. The van der Waals surface area contributed by atoms with E-state index in [0.29, 0.717) is 0 Å². The summed E-state index contributed by atoms with van der Waals surface area (Å²) in [6.45, 7) is 3.62. The van der Waals surface area contributed by atoms with E-state index in [-0.39, 0.29) is 5.97 Å². The van der Waals surface area contributed by atoms with Crippen molar-refractivity contribution in [3.63, 3.8) is 0 Å². The maximum Gasteiger partial charge on any atom is 0.343 e. The Hall–Kier alpha value is -0.610. The second-order valence-corrected chi connectivity index (χ2v) is 2.72. The lowest BCUT2D eigenvalue weighted by Crippen LogP contribution is -2.47.